The van der Waals surface area contributed by atoms with Crippen LogP contribution in [0.1, 0.15) is 58.4 Å². The first kappa shape index (κ1) is 17.5. The number of hydrogen-bond donors (Lipinski definition) is 2. The summed E-state index contributed by atoms with van der Waals surface area (Å²) in [5.41, 5.74) is 0.441. The van der Waals surface area contributed by atoms with Crippen LogP contribution in [0.25, 0.3) is 10.9 Å². The van der Waals surface area contributed by atoms with Gasteiger partial charge in [0.05, 0.1) is 10.9 Å². The molecule has 25 heavy (non-hydrogen) atoms. The summed E-state index contributed by atoms with van der Waals surface area (Å²) in [5.74, 6) is 0.515. The maximum absolute atomic E-state index is 12.9. The Balaban J connectivity index is 1.97. The van der Waals surface area contributed by atoms with Crippen molar-refractivity contribution < 1.29 is 4.79 Å². The number of aromatic nitrogens is 2. The maximum Gasteiger partial charge on any atom is 0.329 e. The lowest BCUT2D eigenvalue weighted by Gasteiger charge is -2.29. The standard InChI is InChI=1S/C19H25N3O3/c1-3-4-13-5-8-15(9-6-13)22-18(24)16-11-14(20-12(2)23)7-10-17(16)21-19(22)25/h7,10-11,13,15H,3-6,8-9H2,1-2H3,(H,20,23)(H,21,25)/t13-,15-. The number of H-pyrrole nitrogens is 1. The van der Waals surface area contributed by atoms with E-state index in [0.717, 1.165) is 25.7 Å². The van der Waals surface area contributed by atoms with E-state index in [1.807, 2.05) is 0 Å². The number of amides is 1. The number of benzene rings is 1. The van der Waals surface area contributed by atoms with Crippen LogP contribution in [0.3, 0.4) is 0 Å². The van der Waals surface area contributed by atoms with E-state index in [2.05, 4.69) is 17.2 Å². The second-order valence-corrected chi connectivity index (χ2v) is 7.01. The van der Waals surface area contributed by atoms with Crippen LogP contribution in [0.4, 0.5) is 5.69 Å². The summed E-state index contributed by atoms with van der Waals surface area (Å²) in [6.45, 7) is 3.61. The molecule has 134 valence electrons. The molecule has 0 spiro atoms. The summed E-state index contributed by atoms with van der Waals surface area (Å²) in [7, 11) is 0. The molecule has 1 aromatic carbocycles. The minimum atomic E-state index is -0.344. The minimum Gasteiger partial charge on any atom is -0.326 e. The molecule has 1 saturated carbocycles. The van der Waals surface area contributed by atoms with E-state index in [1.165, 1.54) is 24.3 Å². The van der Waals surface area contributed by atoms with Crippen LogP contribution in [0.5, 0.6) is 0 Å². The fourth-order valence-corrected chi connectivity index (χ4v) is 3.94. The number of fused-ring (bicyclic) bond motifs is 1. The molecule has 0 aliphatic heterocycles. The fourth-order valence-electron chi connectivity index (χ4n) is 3.94. The normalized spacial score (nSPS) is 20.6. The third kappa shape index (κ3) is 3.67. The molecule has 1 amide bonds. The Kier molecular flexibility index (Phi) is 5.06. The third-order valence-corrected chi connectivity index (χ3v) is 5.13. The van der Waals surface area contributed by atoms with Gasteiger partial charge >= 0.3 is 5.69 Å². The first-order chi connectivity index (χ1) is 12.0. The van der Waals surface area contributed by atoms with Gasteiger partial charge in [-0.05, 0) is 49.8 Å². The zero-order valence-corrected chi connectivity index (χ0v) is 14.8. The van der Waals surface area contributed by atoms with Gasteiger partial charge in [0.1, 0.15) is 0 Å². The van der Waals surface area contributed by atoms with Gasteiger partial charge < -0.3 is 10.3 Å². The average Bonchev–Trinajstić information content (AvgIpc) is 2.57. The topological polar surface area (TPSA) is 84.0 Å². The SMILES string of the molecule is CCC[C@H]1CC[C@H](n2c(=O)[nH]c3ccc(NC(C)=O)cc3c2=O)CC1. The predicted octanol–water partition coefficient (Wildman–Crippen LogP) is 3.18. The molecule has 6 nitrogen and oxygen atoms in total. The Morgan fingerprint density at radius 3 is 2.60 bits per heavy atom. The van der Waals surface area contributed by atoms with Gasteiger partial charge in [0.15, 0.2) is 0 Å². The summed E-state index contributed by atoms with van der Waals surface area (Å²) in [6, 6.07) is 4.93. The second-order valence-electron chi connectivity index (χ2n) is 7.01. The van der Waals surface area contributed by atoms with Crippen LogP contribution in [0.2, 0.25) is 0 Å². The molecule has 1 aliphatic carbocycles. The number of nitrogens with zero attached hydrogens (tertiary/aromatic N) is 1. The van der Waals surface area contributed by atoms with E-state index in [1.54, 1.807) is 18.2 Å². The van der Waals surface area contributed by atoms with Crippen LogP contribution in [0, 0.1) is 5.92 Å². The van der Waals surface area contributed by atoms with Crippen molar-refractivity contribution in [2.75, 3.05) is 5.32 Å². The Bertz CT molecular complexity index is 889. The molecule has 0 radical (unpaired) electrons. The summed E-state index contributed by atoms with van der Waals surface area (Å²) in [4.78, 5) is 39.4. The van der Waals surface area contributed by atoms with Gasteiger partial charge in [0.2, 0.25) is 5.91 Å². The van der Waals surface area contributed by atoms with Gasteiger partial charge in [-0.3, -0.25) is 14.2 Å². The third-order valence-electron chi connectivity index (χ3n) is 5.13. The summed E-state index contributed by atoms with van der Waals surface area (Å²) in [6.07, 6.45) is 6.26. The van der Waals surface area contributed by atoms with E-state index < -0.39 is 0 Å². The molecule has 0 saturated heterocycles. The van der Waals surface area contributed by atoms with Crippen molar-refractivity contribution in [1.29, 1.82) is 0 Å². The predicted molar refractivity (Wildman–Crippen MR) is 99.0 cm³/mol. The van der Waals surface area contributed by atoms with Crippen LogP contribution < -0.4 is 16.6 Å². The first-order valence-corrected chi connectivity index (χ1v) is 9.05. The van der Waals surface area contributed by atoms with Crippen molar-refractivity contribution >= 4 is 22.5 Å². The monoisotopic (exact) mass is 343 g/mol. The summed E-state index contributed by atoms with van der Waals surface area (Å²) < 4.78 is 1.38. The molecule has 3 rings (SSSR count). The molecular formula is C19H25N3O3. The number of carbonyl (C=O) groups is 1. The zero-order valence-electron chi connectivity index (χ0n) is 14.8. The van der Waals surface area contributed by atoms with Crippen molar-refractivity contribution in [2.45, 2.75) is 58.4 Å². The van der Waals surface area contributed by atoms with E-state index in [9.17, 15) is 14.4 Å². The van der Waals surface area contributed by atoms with Gasteiger partial charge in [0, 0.05) is 18.7 Å². The van der Waals surface area contributed by atoms with Crippen LogP contribution in [0.15, 0.2) is 27.8 Å². The summed E-state index contributed by atoms with van der Waals surface area (Å²) in [5, 5.41) is 3.11. The van der Waals surface area contributed by atoms with Gasteiger partial charge in [-0.2, -0.15) is 0 Å². The second kappa shape index (κ2) is 7.25. The molecule has 1 aliphatic rings. The highest BCUT2D eigenvalue weighted by atomic mass is 16.2. The van der Waals surface area contributed by atoms with Crippen molar-refractivity contribution in [1.82, 2.24) is 9.55 Å². The van der Waals surface area contributed by atoms with Crippen molar-refractivity contribution in [2.24, 2.45) is 5.92 Å². The average molecular weight is 343 g/mol. The van der Waals surface area contributed by atoms with Crippen LogP contribution in [-0.4, -0.2) is 15.5 Å². The number of hydrogen-bond acceptors (Lipinski definition) is 3. The highest BCUT2D eigenvalue weighted by Crippen LogP contribution is 2.33. The molecule has 1 aromatic heterocycles. The van der Waals surface area contributed by atoms with E-state index in [4.69, 9.17) is 0 Å². The molecule has 0 unspecified atom stereocenters. The quantitative estimate of drug-likeness (QED) is 0.894. The molecule has 2 aromatic rings. The van der Waals surface area contributed by atoms with Gasteiger partial charge in [-0.1, -0.05) is 19.8 Å². The zero-order chi connectivity index (χ0) is 18.0. The Labute approximate surface area is 146 Å². The molecule has 1 heterocycles. The molecular weight excluding hydrogens is 318 g/mol. The van der Waals surface area contributed by atoms with E-state index in [-0.39, 0.29) is 23.2 Å². The van der Waals surface area contributed by atoms with Gasteiger partial charge in [-0.25, -0.2) is 4.79 Å². The van der Waals surface area contributed by atoms with Crippen molar-refractivity contribution in [3.63, 3.8) is 0 Å². The molecule has 0 bridgehead atoms. The Morgan fingerprint density at radius 1 is 1.24 bits per heavy atom. The molecule has 1 fully saturated rings. The van der Waals surface area contributed by atoms with Crippen LogP contribution in [-0.2, 0) is 4.79 Å². The summed E-state index contributed by atoms with van der Waals surface area (Å²) >= 11 is 0. The highest BCUT2D eigenvalue weighted by molar-refractivity contribution is 5.91. The van der Waals surface area contributed by atoms with E-state index >= 15 is 0 Å². The van der Waals surface area contributed by atoms with E-state index in [0.29, 0.717) is 22.5 Å². The highest BCUT2D eigenvalue weighted by Gasteiger charge is 2.24. The minimum absolute atomic E-state index is 0.0434. The van der Waals surface area contributed by atoms with Gasteiger partial charge in [-0.15, -0.1) is 0 Å². The molecule has 6 heteroatoms. The molecule has 0 atom stereocenters. The van der Waals surface area contributed by atoms with Crippen molar-refractivity contribution in [3.05, 3.63) is 39.0 Å². The number of anilines is 1. The molecule has 2 N–H and O–H groups in total. The lowest BCUT2D eigenvalue weighted by molar-refractivity contribution is -0.114. The van der Waals surface area contributed by atoms with Crippen LogP contribution >= 0.6 is 0 Å². The number of aromatic amines is 1. The maximum atomic E-state index is 12.9. The number of rotatable bonds is 4. The van der Waals surface area contributed by atoms with Gasteiger partial charge in [0.25, 0.3) is 5.56 Å². The smallest absolute Gasteiger partial charge is 0.326 e. The Morgan fingerprint density at radius 2 is 1.96 bits per heavy atom. The lowest BCUT2D eigenvalue weighted by atomic mass is 9.83. The fraction of sp³-hybridized carbons (Fsp3) is 0.526. The number of nitrogens with one attached hydrogen (secondary N) is 2. The largest absolute Gasteiger partial charge is 0.329 e. The van der Waals surface area contributed by atoms with Crippen molar-refractivity contribution in [3.8, 4) is 0 Å². The lowest BCUT2D eigenvalue weighted by Crippen LogP contribution is -2.39. The Hall–Kier alpha value is -2.37. The first-order valence-electron chi connectivity index (χ1n) is 9.05. The number of carbonyl (C=O) groups excluding carboxylic acids is 1.